The molecule has 1 aromatic rings. The van der Waals surface area contributed by atoms with Crippen molar-refractivity contribution in [1.82, 2.24) is 9.80 Å². The van der Waals surface area contributed by atoms with Crippen molar-refractivity contribution in [2.45, 2.75) is 64.1 Å². The van der Waals surface area contributed by atoms with E-state index in [4.69, 9.17) is 0 Å². The molecular formula is C20H28N2O3. The van der Waals surface area contributed by atoms with Gasteiger partial charge in [0, 0.05) is 18.6 Å². The van der Waals surface area contributed by atoms with Gasteiger partial charge in [0.25, 0.3) is 11.8 Å². The fourth-order valence-electron chi connectivity index (χ4n) is 4.31. The summed E-state index contributed by atoms with van der Waals surface area (Å²) >= 11 is 0. The molecule has 3 atom stereocenters. The molecule has 0 bridgehead atoms. The van der Waals surface area contributed by atoms with Crippen molar-refractivity contribution in [3.05, 3.63) is 35.4 Å². The van der Waals surface area contributed by atoms with E-state index in [-0.39, 0.29) is 18.4 Å². The van der Waals surface area contributed by atoms with Gasteiger partial charge < -0.3 is 5.11 Å². The number of aliphatic hydroxyl groups is 1. The number of rotatable bonds is 6. The Labute approximate surface area is 149 Å². The normalized spacial score (nSPS) is 25.3. The van der Waals surface area contributed by atoms with E-state index in [1.807, 2.05) is 0 Å². The Kier molecular flexibility index (Phi) is 5.54. The average Bonchev–Trinajstić information content (AvgIpc) is 2.87. The number of fused-ring (bicyclic) bond motifs is 1. The van der Waals surface area contributed by atoms with Gasteiger partial charge in [-0.05, 0) is 37.8 Å². The van der Waals surface area contributed by atoms with Gasteiger partial charge in [-0.2, -0.15) is 0 Å². The molecule has 2 unspecified atom stereocenters. The van der Waals surface area contributed by atoms with E-state index >= 15 is 0 Å². The number of carbonyl (C=O) groups excluding carboxylic acids is 2. The van der Waals surface area contributed by atoms with Crippen LogP contribution in [0, 0.1) is 0 Å². The predicted molar refractivity (Wildman–Crippen MR) is 96.5 cm³/mol. The Bertz CT molecular complexity index is 599. The Morgan fingerprint density at radius 3 is 2.00 bits per heavy atom. The topological polar surface area (TPSA) is 60.9 Å². The number of benzene rings is 1. The lowest BCUT2D eigenvalue weighted by Gasteiger charge is -2.43. The van der Waals surface area contributed by atoms with Gasteiger partial charge in [0.15, 0.2) is 0 Å². The molecule has 0 saturated carbocycles. The maximum absolute atomic E-state index is 12.5. The van der Waals surface area contributed by atoms with Gasteiger partial charge in [-0.1, -0.05) is 32.4 Å². The van der Waals surface area contributed by atoms with Crippen LogP contribution in [0.25, 0.3) is 0 Å². The maximum Gasteiger partial charge on any atom is 0.261 e. The Morgan fingerprint density at radius 1 is 1.00 bits per heavy atom. The van der Waals surface area contributed by atoms with Crippen molar-refractivity contribution in [2.75, 3.05) is 13.1 Å². The molecule has 2 heterocycles. The molecule has 2 aliphatic rings. The summed E-state index contributed by atoms with van der Waals surface area (Å²) in [6.07, 6.45) is 4.97. The van der Waals surface area contributed by atoms with Crippen LogP contribution in [0.15, 0.2) is 24.3 Å². The Hall–Kier alpha value is -1.72. The van der Waals surface area contributed by atoms with Crippen molar-refractivity contribution in [3.8, 4) is 0 Å². The minimum absolute atomic E-state index is 0.0652. The zero-order chi connectivity index (χ0) is 18.0. The summed E-state index contributed by atoms with van der Waals surface area (Å²) in [5.41, 5.74) is 0.881. The number of imide groups is 1. The molecule has 0 aromatic heterocycles. The first-order chi connectivity index (χ1) is 12.1. The first-order valence-corrected chi connectivity index (χ1v) is 9.45. The summed E-state index contributed by atoms with van der Waals surface area (Å²) in [5, 5.41) is 10.6. The van der Waals surface area contributed by atoms with E-state index in [1.165, 1.54) is 11.3 Å². The van der Waals surface area contributed by atoms with Crippen molar-refractivity contribution in [2.24, 2.45) is 0 Å². The maximum atomic E-state index is 12.5. The highest BCUT2D eigenvalue weighted by Crippen LogP contribution is 2.28. The number of nitrogens with zero attached hydrogens (tertiary/aromatic N) is 2. The lowest BCUT2D eigenvalue weighted by molar-refractivity contribution is 0.0136. The first-order valence-electron chi connectivity index (χ1n) is 9.45. The second kappa shape index (κ2) is 7.67. The lowest BCUT2D eigenvalue weighted by atomic mass is 9.92. The molecule has 136 valence electrons. The largest absolute Gasteiger partial charge is 0.390 e. The van der Waals surface area contributed by atoms with Crippen LogP contribution in [0.4, 0.5) is 0 Å². The molecular weight excluding hydrogens is 316 g/mol. The standard InChI is InChI=1S/C20H28N2O3/c1-3-14-8-7-9-15(4-2)21(14)12-16(23)13-22-19(24)17-10-5-6-11-18(17)20(22)25/h5-6,10-11,14-16,23H,3-4,7-9,12-13H2,1-2H3/t14?,15?,16-/m0/s1. The van der Waals surface area contributed by atoms with Crippen LogP contribution in [0.5, 0.6) is 0 Å². The lowest BCUT2D eigenvalue weighted by Crippen LogP contribution is -2.51. The van der Waals surface area contributed by atoms with E-state index in [2.05, 4.69) is 18.7 Å². The predicted octanol–water partition coefficient (Wildman–Crippen LogP) is 2.69. The highest BCUT2D eigenvalue weighted by Gasteiger charge is 2.37. The van der Waals surface area contributed by atoms with Gasteiger partial charge in [-0.25, -0.2) is 0 Å². The number of carbonyl (C=O) groups is 2. The number of aliphatic hydroxyl groups excluding tert-OH is 1. The van der Waals surface area contributed by atoms with Crippen LogP contribution in [0.1, 0.15) is 66.7 Å². The zero-order valence-corrected chi connectivity index (χ0v) is 15.1. The van der Waals surface area contributed by atoms with Gasteiger partial charge in [-0.3, -0.25) is 19.4 Å². The summed E-state index contributed by atoms with van der Waals surface area (Å²) in [5.74, 6) is -0.588. The summed E-state index contributed by atoms with van der Waals surface area (Å²) in [6.45, 7) is 4.96. The molecule has 5 nitrogen and oxygen atoms in total. The van der Waals surface area contributed by atoms with Crippen LogP contribution < -0.4 is 0 Å². The van der Waals surface area contributed by atoms with Gasteiger partial charge >= 0.3 is 0 Å². The van der Waals surface area contributed by atoms with Crippen LogP contribution in [-0.2, 0) is 0 Å². The van der Waals surface area contributed by atoms with E-state index in [9.17, 15) is 14.7 Å². The van der Waals surface area contributed by atoms with E-state index in [0.29, 0.717) is 29.8 Å². The molecule has 2 amide bonds. The van der Waals surface area contributed by atoms with Gasteiger partial charge in [0.1, 0.15) is 0 Å². The number of likely N-dealkylation sites (tertiary alicyclic amines) is 1. The third kappa shape index (κ3) is 3.48. The number of β-amino-alcohol motifs (C(OH)–C–C–N with tert-alkyl or cyclic N) is 1. The van der Waals surface area contributed by atoms with Gasteiger partial charge in [0.05, 0.1) is 23.8 Å². The van der Waals surface area contributed by atoms with Crippen molar-refractivity contribution >= 4 is 11.8 Å². The highest BCUT2D eigenvalue weighted by molar-refractivity contribution is 6.21. The summed E-state index contributed by atoms with van der Waals surface area (Å²) in [7, 11) is 0. The molecule has 5 heteroatoms. The number of piperidine rings is 1. The van der Waals surface area contributed by atoms with E-state index in [0.717, 1.165) is 25.7 Å². The highest BCUT2D eigenvalue weighted by atomic mass is 16.3. The number of amides is 2. The summed E-state index contributed by atoms with van der Waals surface area (Å²) in [6, 6.07) is 7.83. The molecule has 25 heavy (non-hydrogen) atoms. The van der Waals surface area contributed by atoms with Crippen molar-refractivity contribution in [1.29, 1.82) is 0 Å². The summed E-state index contributed by atoms with van der Waals surface area (Å²) in [4.78, 5) is 28.5. The number of hydrogen-bond acceptors (Lipinski definition) is 4. The zero-order valence-electron chi connectivity index (χ0n) is 15.1. The average molecular weight is 344 g/mol. The van der Waals surface area contributed by atoms with E-state index in [1.54, 1.807) is 24.3 Å². The third-order valence-electron chi connectivity index (χ3n) is 5.65. The minimum Gasteiger partial charge on any atom is -0.390 e. The molecule has 1 saturated heterocycles. The van der Waals surface area contributed by atoms with Crippen LogP contribution in [0.2, 0.25) is 0 Å². The molecule has 1 fully saturated rings. The molecule has 1 aromatic carbocycles. The first kappa shape index (κ1) is 18.1. The fourth-order valence-corrected chi connectivity index (χ4v) is 4.31. The van der Waals surface area contributed by atoms with Crippen LogP contribution in [-0.4, -0.2) is 58.0 Å². The summed E-state index contributed by atoms with van der Waals surface area (Å²) < 4.78 is 0. The molecule has 0 aliphatic carbocycles. The third-order valence-corrected chi connectivity index (χ3v) is 5.65. The second-order valence-corrected chi connectivity index (χ2v) is 7.17. The SMILES string of the molecule is CCC1CCCC(CC)N1C[C@H](O)CN1C(=O)c2ccccc2C1=O. The Balaban J connectivity index is 1.67. The van der Waals surface area contributed by atoms with E-state index < -0.39 is 6.10 Å². The van der Waals surface area contributed by atoms with Crippen LogP contribution in [0.3, 0.4) is 0 Å². The van der Waals surface area contributed by atoms with Gasteiger partial charge in [-0.15, -0.1) is 0 Å². The van der Waals surface area contributed by atoms with Crippen molar-refractivity contribution < 1.29 is 14.7 Å². The minimum atomic E-state index is -0.719. The van der Waals surface area contributed by atoms with Crippen molar-refractivity contribution in [3.63, 3.8) is 0 Å². The molecule has 3 rings (SSSR count). The monoisotopic (exact) mass is 344 g/mol. The van der Waals surface area contributed by atoms with Crippen LogP contribution >= 0.6 is 0 Å². The quantitative estimate of drug-likeness (QED) is 0.806. The van der Waals surface area contributed by atoms with Gasteiger partial charge in [0.2, 0.25) is 0 Å². The molecule has 0 spiro atoms. The Morgan fingerprint density at radius 2 is 1.52 bits per heavy atom. The molecule has 2 aliphatic heterocycles. The molecule has 0 radical (unpaired) electrons. The second-order valence-electron chi connectivity index (χ2n) is 7.17. The number of hydrogen-bond donors (Lipinski definition) is 1. The fraction of sp³-hybridized carbons (Fsp3) is 0.600. The molecule has 1 N–H and O–H groups in total. The smallest absolute Gasteiger partial charge is 0.261 e.